The van der Waals surface area contributed by atoms with Gasteiger partial charge in [0.25, 0.3) is 0 Å². The van der Waals surface area contributed by atoms with Crippen LogP contribution in [0.1, 0.15) is 48.6 Å². The molecule has 40 heavy (non-hydrogen) atoms. The first-order valence-electron chi connectivity index (χ1n) is 13.4. The van der Waals surface area contributed by atoms with Crippen molar-refractivity contribution < 1.29 is 18.0 Å². The normalized spacial score (nSPS) is 12.5. The molecule has 1 atom stereocenters. The van der Waals surface area contributed by atoms with Crippen molar-refractivity contribution >= 4 is 27.5 Å². The van der Waals surface area contributed by atoms with Gasteiger partial charge in [0.05, 0.1) is 11.9 Å². The Morgan fingerprint density at radius 3 is 2.10 bits per heavy atom. The number of carbonyl (C=O) groups is 2. The number of aryl methyl sites for hydroxylation is 2. The van der Waals surface area contributed by atoms with Gasteiger partial charge in [-0.15, -0.1) is 0 Å². The Bertz CT molecular complexity index is 1450. The van der Waals surface area contributed by atoms with E-state index < -0.39 is 34.1 Å². The molecule has 0 unspecified atom stereocenters. The summed E-state index contributed by atoms with van der Waals surface area (Å²) in [5, 5.41) is 3.04. The molecular weight excluding hydrogens is 522 g/mol. The molecule has 0 heterocycles. The van der Waals surface area contributed by atoms with E-state index >= 15 is 0 Å². The number of rotatable bonds is 10. The molecule has 7 nitrogen and oxygen atoms in total. The minimum atomic E-state index is -3.81. The molecule has 3 aromatic carbocycles. The fraction of sp³-hybridized carbons (Fsp3) is 0.375. The van der Waals surface area contributed by atoms with Gasteiger partial charge in [0.1, 0.15) is 12.6 Å². The van der Waals surface area contributed by atoms with Crippen LogP contribution in [0.3, 0.4) is 0 Å². The summed E-state index contributed by atoms with van der Waals surface area (Å²) in [6.07, 6.45) is 1.38. The molecule has 0 aromatic heterocycles. The molecule has 0 fully saturated rings. The van der Waals surface area contributed by atoms with Gasteiger partial charge in [-0.25, -0.2) is 8.42 Å². The van der Waals surface area contributed by atoms with E-state index in [1.807, 2.05) is 102 Å². The molecular formula is C32H41N3O4S. The Kier molecular flexibility index (Phi) is 9.79. The highest BCUT2D eigenvalue weighted by atomic mass is 32.2. The van der Waals surface area contributed by atoms with Gasteiger partial charge in [-0.1, -0.05) is 72.3 Å². The van der Waals surface area contributed by atoms with Gasteiger partial charge < -0.3 is 10.2 Å². The largest absolute Gasteiger partial charge is 0.350 e. The predicted molar refractivity (Wildman–Crippen MR) is 162 cm³/mol. The SMILES string of the molecule is Cc1cccc(CN(C(=O)CN(c2cccc(C)c2C)S(C)(=O)=O)[C@@H](Cc2ccccc2)C(=O)NC(C)(C)C)c1. The highest BCUT2D eigenvalue weighted by Gasteiger charge is 2.34. The van der Waals surface area contributed by atoms with Crippen molar-refractivity contribution in [2.45, 2.75) is 66.1 Å². The number of benzene rings is 3. The second kappa shape index (κ2) is 12.7. The lowest BCUT2D eigenvalue weighted by Gasteiger charge is -2.35. The molecule has 3 aromatic rings. The van der Waals surface area contributed by atoms with E-state index in [1.165, 1.54) is 4.90 Å². The fourth-order valence-corrected chi connectivity index (χ4v) is 5.51. The van der Waals surface area contributed by atoms with Crippen LogP contribution in [0.15, 0.2) is 72.8 Å². The first-order valence-corrected chi connectivity index (χ1v) is 15.3. The van der Waals surface area contributed by atoms with Gasteiger partial charge >= 0.3 is 0 Å². The molecule has 0 aliphatic heterocycles. The molecule has 8 heteroatoms. The zero-order valence-electron chi connectivity index (χ0n) is 24.6. The number of carbonyl (C=O) groups excluding carboxylic acids is 2. The summed E-state index contributed by atoms with van der Waals surface area (Å²) in [5.74, 6) is -0.757. The molecule has 0 saturated heterocycles. The second-order valence-corrected chi connectivity index (χ2v) is 13.4. The molecule has 2 amide bonds. The minimum Gasteiger partial charge on any atom is -0.350 e. The van der Waals surface area contributed by atoms with E-state index in [-0.39, 0.29) is 18.9 Å². The van der Waals surface area contributed by atoms with Crippen molar-refractivity contribution in [2.24, 2.45) is 0 Å². The van der Waals surface area contributed by atoms with E-state index in [2.05, 4.69) is 5.32 Å². The molecule has 0 radical (unpaired) electrons. The molecule has 0 saturated carbocycles. The van der Waals surface area contributed by atoms with Crippen molar-refractivity contribution in [2.75, 3.05) is 17.1 Å². The Balaban J connectivity index is 2.10. The number of nitrogens with one attached hydrogen (secondary N) is 1. The molecule has 1 N–H and O–H groups in total. The Hall–Kier alpha value is -3.65. The van der Waals surface area contributed by atoms with Gasteiger partial charge in [-0.2, -0.15) is 0 Å². The highest BCUT2D eigenvalue weighted by molar-refractivity contribution is 7.92. The third-order valence-corrected chi connectivity index (χ3v) is 7.86. The maximum Gasteiger partial charge on any atom is 0.244 e. The Morgan fingerprint density at radius 1 is 0.875 bits per heavy atom. The van der Waals surface area contributed by atoms with E-state index in [4.69, 9.17) is 0 Å². The Labute approximate surface area is 239 Å². The topological polar surface area (TPSA) is 86.8 Å². The van der Waals surface area contributed by atoms with E-state index in [0.717, 1.165) is 38.4 Å². The van der Waals surface area contributed by atoms with Gasteiger partial charge in [0.15, 0.2) is 0 Å². The average molecular weight is 564 g/mol. The number of nitrogens with zero attached hydrogens (tertiary/aromatic N) is 2. The smallest absolute Gasteiger partial charge is 0.244 e. The summed E-state index contributed by atoms with van der Waals surface area (Å²) in [6, 6.07) is 21.8. The molecule has 214 valence electrons. The maximum atomic E-state index is 14.2. The third kappa shape index (κ3) is 8.42. The van der Waals surface area contributed by atoms with Gasteiger partial charge in [-0.05, 0) is 69.9 Å². The fourth-order valence-electron chi connectivity index (χ4n) is 4.61. The number of amides is 2. The summed E-state index contributed by atoms with van der Waals surface area (Å²) in [6.45, 7) is 11.1. The summed E-state index contributed by atoms with van der Waals surface area (Å²) in [4.78, 5) is 29.5. The van der Waals surface area contributed by atoms with Gasteiger partial charge in [-0.3, -0.25) is 13.9 Å². The van der Waals surface area contributed by atoms with E-state index in [9.17, 15) is 18.0 Å². The monoisotopic (exact) mass is 563 g/mol. The molecule has 3 rings (SSSR count). The highest BCUT2D eigenvalue weighted by Crippen LogP contribution is 2.26. The summed E-state index contributed by atoms with van der Waals surface area (Å²) in [5.41, 5.74) is 4.39. The zero-order valence-corrected chi connectivity index (χ0v) is 25.4. The van der Waals surface area contributed by atoms with Crippen molar-refractivity contribution in [3.63, 3.8) is 0 Å². The van der Waals surface area contributed by atoms with Crippen molar-refractivity contribution in [1.29, 1.82) is 0 Å². The van der Waals surface area contributed by atoms with Crippen LogP contribution in [-0.4, -0.2) is 49.5 Å². The first-order chi connectivity index (χ1) is 18.7. The first kappa shape index (κ1) is 30.9. The number of hydrogen-bond donors (Lipinski definition) is 1. The lowest BCUT2D eigenvalue weighted by atomic mass is 10.0. The lowest BCUT2D eigenvalue weighted by molar-refractivity contribution is -0.140. The predicted octanol–water partition coefficient (Wildman–Crippen LogP) is 4.93. The van der Waals surface area contributed by atoms with E-state index in [0.29, 0.717) is 5.69 Å². The average Bonchev–Trinajstić information content (AvgIpc) is 2.85. The van der Waals surface area contributed by atoms with Crippen LogP contribution in [0.5, 0.6) is 0 Å². The van der Waals surface area contributed by atoms with E-state index in [1.54, 1.807) is 12.1 Å². The van der Waals surface area contributed by atoms with Gasteiger partial charge in [0, 0.05) is 18.5 Å². The van der Waals surface area contributed by atoms with Crippen LogP contribution in [0.2, 0.25) is 0 Å². The standard InChI is InChI=1S/C32H41N3O4S/c1-23-13-11-17-27(19-23)21-34(29(31(37)33-32(4,5)6)20-26-15-9-8-10-16-26)30(36)22-35(40(7,38)39)28-18-12-14-24(2)25(28)3/h8-19,29H,20-22H2,1-7H3,(H,33,37)/t29-/m0/s1. The lowest BCUT2D eigenvalue weighted by Crippen LogP contribution is -2.56. The zero-order chi connectivity index (χ0) is 29.7. The summed E-state index contributed by atoms with van der Waals surface area (Å²) >= 11 is 0. The van der Waals surface area contributed by atoms with Crippen molar-refractivity contribution in [3.05, 3.63) is 101 Å². The van der Waals surface area contributed by atoms with Crippen LogP contribution in [0.4, 0.5) is 5.69 Å². The van der Waals surface area contributed by atoms with Crippen LogP contribution < -0.4 is 9.62 Å². The van der Waals surface area contributed by atoms with Crippen LogP contribution in [0.25, 0.3) is 0 Å². The molecule has 0 spiro atoms. The summed E-state index contributed by atoms with van der Waals surface area (Å²) < 4.78 is 27.2. The quantitative estimate of drug-likeness (QED) is 0.379. The number of sulfonamides is 1. The van der Waals surface area contributed by atoms with Crippen molar-refractivity contribution in [3.8, 4) is 0 Å². The third-order valence-electron chi connectivity index (χ3n) is 6.73. The molecule has 0 bridgehead atoms. The molecule has 0 aliphatic carbocycles. The maximum absolute atomic E-state index is 14.2. The Morgan fingerprint density at radius 2 is 1.50 bits per heavy atom. The number of hydrogen-bond acceptors (Lipinski definition) is 4. The minimum absolute atomic E-state index is 0.153. The number of anilines is 1. The second-order valence-electron chi connectivity index (χ2n) is 11.4. The van der Waals surface area contributed by atoms with Gasteiger partial charge in [0.2, 0.25) is 21.8 Å². The summed E-state index contributed by atoms with van der Waals surface area (Å²) in [7, 11) is -3.81. The van der Waals surface area contributed by atoms with Crippen LogP contribution in [-0.2, 0) is 32.6 Å². The van der Waals surface area contributed by atoms with Crippen LogP contribution in [0, 0.1) is 20.8 Å². The molecule has 0 aliphatic rings. The van der Waals surface area contributed by atoms with Crippen molar-refractivity contribution in [1.82, 2.24) is 10.2 Å². The van der Waals surface area contributed by atoms with Crippen LogP contribution >= 0.6 is 0 Å².